The second-order valence-electron chi connectivity index (χ2n) is 7.45. The van der Waals surface area contributed by atoms with E-state index in [1.807, 2.05) is 48.0 Å². The number of nitro groups is 1. The van der Waals surface area contributed by atoms with Crippen LogP contribution in [0, 0.1) is 23.0 Å². The SMILES string of the molecule is CCC(CC(Oc1cc(OCc2ccsc2)ccc1[N+](=O)[O-])c1ccccc1C)C(=O)O. The highest BCUT2D eigenvalue weighted by Gasteiger charge is 2.27. The lowest BCUT2D eigenvalue weighted by atomic mass is 9.92. The van der Waals surface area contributed by atoms with Crippen LogP contribution in [0.4, 0.5) is 5.69 Å². The van der Waals surface area contributed by atoms with Crippen LogP contribution in [0.3, 0.4) is 0 Å². The number of hydrogen-bond donors (Lipinski definition) is 1. The Balaban J connectivity index is 1.93. The van der Waals surface area contributed by atoms with Gasteiger partial charge in [0, 0.05) is 18.6 Å². The summed E-state index contributed by atoms with van der Waals surface area (Å²) in [5, 5.41) is 25.1. The maximum absolute atomic E-state index is 11.7. The molecule has 0 saturated carbocycles. The van der Waals surface area contributed by atoms with Crippen LogP contribution >= 0.6 is 11.3 Å². The van der Waals surface area contributed by atoms with Gasteiger partial charge in [0.25, 0.3) is 0 Å². The molecular weight excluding hydrogens is 430 g/mol. The first kappa shape index (κ1) is 23.3. The first-order valence-electron chi connectivity index (χ1n) is 10.3. The van der Waals surface area contributed by atoms with Gasteiger partial charge in [-0.3, -0.25) is 14.9 Å². The molecule has 0 amide bonds. The molecule has 2 atom stereocenters. The average molecular weight is 456 g/mol. The van der Waals surface area contributed by atoms with E-state index < -0.39 is 22.9 Å². The Morgan fingerprint density at radius 2 is 2.00 bits per heavy atom. The molecule has 0 spiro atoms. The fourth-order valence-electron chi connectivity index (χ4n) is 3.41. The third-order valence-electron chi connectivity index (χ3n) is 5.26. The van der Waals surface area contributed by atoms with Crippen LogP contribution in [0.25, 0.3) is 0 Å². The number of carbonyl (C=O) groups is 1. The quantitative estimate of drug-likeness (QED) is 0.274. The van der Waals surface area contributed by atoms with Gasteiger partial charge in [-0.1, -0.05) is 31.2 Å². The number of nitro benzene ring substituents is 1. The molecule has 2 aromatic carbocycles. The minimum absolute atomic E-state index is 0.0475. The van der Waals surface area contributed by atoms with Gasteiger partial charge in [0.1, 0.15) is 18.5 Å². The van der Waals surface area contributed by atoms with Gasteiger partial charge in [-0.2, -0.15) is 11.3 Å². The second-order valence-corrected chi connectivity index (χ2v) is 8.23. The highest BCUT2D eigenvalue weighted by atomic mass is 32.1. The normalized spacial score (nSPS) is 12.7. The molecule has 0 aliphatic carbocycles. The van der Waals surface area contributed by atoms with Gasteiger partial charge in [-0.25, -0.2) is 0 Å². The monoisotopic (exact) mass is 455 g/mol. The standard InChI is InChI=1S/C24H25NO6S/c1-3-18(24(26)27)12-22(20-7-5-4-6-16(20)2)31-23-13-19(8-9-21(23)25(28)29)30-14-17-10-11-32-15-17/h4-11,13,15,18,22H,3,12,14H2,1-2H3,(H,26,27). The van der Waals surface area contributed by atoms with E-state index in [2.05, 4.69) is 0 Å². The molecule has 1 N–H and O–H groups in total. The summed E-state index contributed by atoms with van der Waals surface area (Å²) in [5.41, 5.74) is 2.52. The molecule has 1 aromatic heterocycles. The first-order chi connectivity index (χ1) is 15.4. The second kappa shape index (κ2) is 10.8. The van der Waals surface area contributed by atoms with E-state index in [0.29, 0.717) is 18.8 Å². The third-order valence-corrected chi connectivity index (χ3v) is 5.99. The van der Waals surface area contributed by atoms with Crippen LogP contribution in [-0.2, 0) is 11.4 Å². The Morgan fingerprint density at radius 3 is 2.62 bits per heavy atom. The Hall–Kier alpha value is -3.39. The number of ether oxygens (including phenoxy) is 2. The molecule has 0 aliphatic heterocycles. The Morgan fingerprint density at radius 1 is 1.22 bits per heavy atom. The number of carboxylic acid groups (broad SMARTS) is 1. The van der Waals surface area contributed by atoms with Crippen LogP contribution in [0.2, 0.25) is 0 Å². The number of benzene rings is 2. The number of aliphatic carboxylic acids is 1. The maximum atomic E-state index is 11.7. The summed E-state index contributed by atoms with van der Waals surface area (Å²) < 4.78 is 11.9. The van der Waals surface area contributed by atoms with Crippen molar-refractivity contribution in [3.05, 3.63) is 86.1 Å². The summed E-state index contributed by atoms with van der Waals surface area (Å²) in [7, 11) is 0. The number of nitrogens with zero attached hydrogens (tertiary/aromatic N) is 1. The molecule has 7 nitrogen and oxygen atoms in total. The van der Waals surface area contributed by atoms with Crippen LogP contribution < -0.4 is 9.47 Å². The zero-order valence-electron chi connectivity index (χ0n) is 17.9. The van der Waals surface area contributed by atoms with E-state index in [9.17, 15) is 20.0 Å². The molecule has 0 radical (unpaired) electrons. The molecule has 8 heteroatoms. The summed E-state index contributed by atoms with van der Waals surface area (Å²) in [4.78, 5) is 22.8. The Bertz CT molecular complexity index is 1070. The fraction of sp³-hybridized carbons (Fsp3) is 0.292. The summed E-state index contributed by atoms with van der Waals surface area (Å²) in [6.07, 6.45) is -0.0519. The fourth-order valence-corrected chi connectivity index (χ4v) is 4.06. The molecule has 0 fully saturated rings. The molecule has 1 heterocycles. The van der Waals surface area contributed by atoms with E-state index in [1.165, 1.54) is 18.2 Å². The van der Waals surface area contributed by atoms with Gasteiger partial charge < -0.3 is 14.6 Å². The van der Waals surface area contributed by atoms with Crippen molar-refractivity contribution in [3.8, 4) is 11.5 Å². The predicted octanol–water partition coefficient (Wildman–Crippen LogP) is 6.16. The van der Waals surface area contributed by atoms with Crippen molar-refractivity contribution in [2.24, 2.45) is 5.92 Å². The highest BCUT2D eigenvalue weighted by molar-refractivity contribution is 7.07. The topological polar surface area (TPSA) is 98.9 Å². The van der Waals surface area contributed by atoms with E-state index >= 15 is 0 Å². The largest absolute Gasteiger partial charge is 0.489 e. The van der Waals surface area contributed by atoms with Gasteiger partial charge in [-0.05, 0) is 52.9 Å². The van der Waals surface area contributed by atoms with Gasteiger partial charge >= 0.3 is 11.7 Å². The van der Waals surface area contributed by atoms with E-state index in [1.54, 1.807) is 18.3 Å². The summed E-state index contributed by atoms with van der Waals surface area (Å²) in [5.74, 6) is -1.08. The van der Waals surface area contributed by atoms with E-state index in [0.717, 1.165) is 16.7 Å². The summed E-state index contributed by atoms with van der Waals surface area (Å²) >= 11 is 1.56. The molecule has 168 valence electrons. The van der Waals surface area contributed by atoms with Crippen molar-refractivity contribution in [1.82, 2.24) is 0 Å². The molecule has 0 bridgehead atoms. The molecule has 0 saturated heterocycles. The van der Waals surface area contributed by atoms with E-state index in [4.69, 9.17) is 9.47 Å². The number of thiophene rings is 1. The Kier molecular flexibility index (Phi) is 7.83. The lowest BCUT2D eigenvalue weighted by Gasteiger charge is -2.24. The number of hydrogen-bond acceptors (Lipinski definition) is 6. The first-order valence-corrected chi connectivity index (χ1v) is 11.2. The van der Waals surface area contributed by atoms with E-state index in [-0.39, 0.29) is 17.9 Å². The summed E-state index contributed by atoms with van der Waals surface area (Å²) in [6.45, 7) is 4.04. The van der Waals surface area contributed by atoms with Crippen molar-refractivity contribution in [2.45, 2.75) is 39.4 Å². The molecular formula is C24H25NO6S. The minimum atomic E-state index is -0.919. The van der Waals surface area contributed by atoms with Crippen molar-refractivity contribution in [3.63, 3.8) is 0 Å². The molecule has 3 aromatic rings. The van der Waals surface area contributed by atoms with Crippen LogP contribution in [0.1, 0.15) is 42.6 Å². The molecule has 3 rings (SSSR count). The van der Waals surface area contributed by atoms with Gasteiger partial charge in [0.2, 0.25) is 5.75 Å². The molecule has 2 unspecified atom stereocenters. The smallest absolute Gasteiger partial charge is 0.311 e. The van der Waals surface area contributed by atoms with Crippen molar-refractivity contribution >= 4 is 23.0 Å². The minimum Gasteiger partial charge on any atom is -0.489 e. The van der Waals surface area contributed by atoms with Crippen LogP contribution in [0.5, 0.6) is 11.5 Å². The average Bonchev–Trinajstić information content (AvgIpc) is 3.29. The third kappa shape index (κ3) is 5.85. The van der Waals surface area contributed by atoms with Crippen molar-refractivity contribution < 1.29 is 24.3 Å². The lowest BCUT2D eigenvalue weighted by Crippen LogP contribution is -2.20. The highest BCUT2D eigenvalue weighted by Crippen LogP contribution is 2.38. The van der Waals surface area contributed by atoms with Crippen LogP contribution in [0.15, 0.2) is 59.3 Å². The summed E-state index contributed by atoms with van der Waals surface area (Å²) in [6, 6.07) is 13.8. The van der Waals surface area contributed by atoms with Gasteiger partial charge in [-0.15, -0.1) is 0 Å². The van der Waals surface area contributed by atoms with Gasteiger partial charge in [0.15, 0.2) is 0 Å². The number of rotatable bonds is 11. The number of carboxylic acids is 1. The molecule has 32 heavy (non-hydrogen) atoms. The molecule has 0 aliphatic rings. The number of aryl methyl sites for hydroxylation is 1. The maximum Gasteiger partial charge on any atom is 0.311 e. The van der Waals surface area contributed by atoms with Crippen molar-refractivity contribution in [1.29, 1.82) is 0 Å². The predicted molar refractivity (Wildman–Crippen MR) is 122 cm³/mol. The zero-order valence-corrected chi connectivity index (χ0v) is 18.7. The van der Waals surface area contributed by atoms with Crippen molar-refractivity contribution in [2.75, 3.05) is 0 Å². The Labute approximate surface area is 190 Å². The lowest BCUT2D eigenvalue weighted by molar-refractivity contribution is -0.386. The van der Waals surface area contributed by atoms with Crippen LogP contribution in [-0.4, -0.2) is 16.0 Å². The zero-order chi connectivity index (χ0) is 23.1. The van der Waals surface area contributed by atoms with Gasteiger partial charge in [0.05, 0.1) is 10.8 Å².